The number of nitrogens with one attached hydrogen (secondary N) is 1. The highest BCUT2D eigenvalue weighted by atomic mass is 16.2. The number of hydrogen-bond donors (Lipinski definition) is 1. The molecule has 0 fully saturated rings. The Labute approximate surface area is 151 Å². The van der Waals surface area contributed by atoms with Gasteiger partial charge in [0.25, 0.3) is 5.91 Å². The van der Waals surface area contributed by atoms with Crippen LogP contribution in [0.4, 0.5) is 0 Å². The van der Waals surface area contributed by atoms with Gasteiger partial charge >= 0.3 is 0 Å². The van der Waals surface area contributed by atoms with E-state index in [0.29, 0.717) is 18.7 Å². The van der Waals surface area contributed by atoms with E-state index in [1.54, 1.807) is 6.07 Å². The molecule has 1 aliphatic heterocycles. The number of aromatic nitrogens is 3. The van der Waals surface area contributed by atoms with Crippen molar-refractivity contribution in [3.8, 4) is 11.3 Å². The molecular weight excluding hydrogens is 328 g/mol. The zero-order chi connectivity index (χ0) is 18.1. The third kappa shape index (κ3) is 2.94. The summed E-state index contributed by atoms with van der Waals surface area (Å²) < 4.78 is 1.94. The summed E-state index contributed by atoms with van der Waals surface area (Å²) in [5.41, 5.74) is 4.81. The predicted octanol–water partition coefficient (Wildman–Crippen LogP) is 2.02. The number of fused-ring (bicyclic) bond motifs is 1. The topological polar surface area (TPSA) is 71.0 Å². The highest BCUT2D eigenvalue weighted by Gasteiger charge is 2.25. The van der Waals surface area contributed by atoms with E-state index in [1.807, 2.05) is 34.8 Å². The van der Waals surface area contributed by atoms with Crippen molar-refractivity contribution >= 4 is 5.91 Å². The number of nitrogens with zero attached hydrogens (tertiary/aromatic N) is 3. The van der Waals surface area contributed by atoms with Crippen molar-refractivity contribution in [2.75, 3.05) is 13.1 Å². The van der Waals surface area contributed by atoms with E-state index in [1.165, 1.54) is 23.5 Å². The summed E-state index contributed by atoms with van der Waals surface area (Å²) in [5, 5.41) is 4.72. The number of aromatic amines is 1. The Bertz CT molecular complexity index is 984. The van der Waals surface area contributed by atoms with Crippen molar-refractivity contribution in [1.82, 2.24) is 19.7 Å². The molecule has 0 saturated heterocycles. The molecule has 2 aromatic heterocycles. The average molecular weight is 348 g/mol. The van der Waals surface area contributed by atoms with Crippen molar-refractivity contribution in [3.05, 3.63) is 75.8 Å². The first-order chi connectivity index (χ1) is 12.6. The molecule has 0 radical (unpaired) electrons. The summed E-state index contributed by atoms with van der Waals surface area (Å²) in [5.74, 6) is -0.0525. The Balaban J connectivity index is 1.61. The minimum absolute atomic E-state index is 0.0525. The normalized spacial score (nSPS) is 14.0. The van der Waals surface area contributed by atoms with E-state index in [9.17, 15) is 9.59 Å². The van der Waals surface area contributed by atoms with Gasteiger partial charge in [0.15, 0.2) is 0 Å². The molecule has 0 saturated carbocycles. The molecule has 132 valence electrons. The van der Waals surface area contributed by atoms with E-state index in [4.69, 9.17) is 5.10 Å². The number of carbonyl (C=O) groups is 1. The number of amides is 1. The molecule has 6 nitrogen and oxygen atoms in total. The maximum atomic E-state index is 12.8. The van der Waals surface area contributed by atoms with Crippen molar-refractivity contribution in [2.45, 2.75) is 12.8 Å². The van der Waals surface area contributed by atoms with Gasteiger partial charge in [-0.3, -0.25) is 14.3 Å². The lowest BCUT2D eigenvalue weighted by Gasteiger charge is -2.20. The van der Waals surface area contributed by atoms with Gasteiger partial charge in [0, 0.05) is 55.6 Å². The molecule has 1 aromatic carbocycles. The van der Waals surface area contributed by atoms with Crippen LogP contribution in [0.25, 0.3) is 11.3 Å². The number of carbonyl (C=O) groups excluding carboxylic acids is 1. The molecule has 6 heteroatoms. The lowest BCUT2D eigenvalue weighted by molar-refractivity contribution is 0.0762. The zero-order valence-electron chi connectivity index (χ0n) is 14.6. The van der Waals surface area contributed by atoms with Crippen molar-refractivity contribution < 1.29 is 4.79 Å². The smallest absolute Gasteiger partial charge is 0.255 e. The predicted molar refractivity (Wildman–Crippen MR) is 99.0 cm³/mol. The second-order valence-corrected chi connectivity index (χ2v) is 6.50. The van der Waals surface area contributed by atoms with Crippen LogP contribution in [0.5, 0.6) is 0 Å². The molecule has 0 unspecified atom stereocenters. The Morgan fingerprint density at radius 3 is 2.58 bits per heavy atom. The molecular formula is C20H20N4O2. The highest BCUT2D eigenvalue weighted by Crippen LogP contribution is 2.28. The van der Waals surface area contributed by atoms with E-state index in [2.05, 4.69) is 17.1 Å². The molecule has 0 bridgehead atoms. The molecule has 0 atom stereocenters. The fourth-order valence-electron chi connectivity index (χ4n) is 3.53. The van der Waals surface area contributed by atoms with Crippen LogP contribution in [0.3, 0.4) is 0 Å². The summed E-state index contributed by atoms with van der Waals surface area (Å²) >= 11 is 0. The number of aryl methyl sites for hydroxylation is 1. The Kier molecular flexibility index (Phi) is 4.16. The second kappa shape index (κ2) is 6.63. The maximum absolute atomic E-state index is 12.8. The molecule has 4 rings (SSSR count). The number of H-pyrrole nitrogens is 1. The largest absolute Gasteiger partial charge is 0.338 e. The van der Waals surface area contributed by atoms with E-state index in [-0.39, 0.29) is 11.5 Å². The van der Waals surface area contributed by atoms with Gasteiger partial charge in [0.1, 0.15) is 0 Å². The average Bonchev–Trinajstić information content (AvgIpc) is 2.84. The molecule has 26 heavy (non-hydrogen) atoms. The first-order valence-corrected chi connectivity index (χ1v) is 8.71. The molecule has 0 spiro atoms. The van der Waals surface area contributed by atoms with Crippen LogP contribution in [0, 0.1) is 0 Å². The van der Waals surface area contributed by atoms with Gasteiger partial charge in [0.05, 0.1) is 11.3 Å². The lowest BCUT2D eigenvalue weighted by Crippen LogP contribution is -2.33. The SMILES string of the molecule is Cn1nc(-c2ccccc2)c2c1CCN(C(=O)c1ccc(=O)[nH]c1)CC2. The molecule has 1 amide bonds. The fourth-order valence-corrected chi connectivity index (χ4v) is 3.53. The molecule has 1 N–H and O–H groups in total. The first-order valence-electron chi connectivity index (χ1n) is 8.71. The van der Waals surface area contributed by atoms with Gasteiger partial charge in [-0.15, -0.1) is 0 Å². The minimum atomic E-state index is -0.205. The quantitative estimate of drug-likeness (QED) is 0.770. The summed E-state index contributed by atoms with van der Waals surface area (Å²) in [6.07, 6.45) is 3.02. The summed E-state index contributed by atoms with van der Waals surface area (Å²) in [4.78, 5) is 28.4. The first kappa shape index (κ1) is 16.3. The van der Waals surface area contributed by atoms with Gasteiger partial charge in [-0.1, -0.05) is 30.3 Å². The van der Waals surface area contributed by atoms with E-state index < -0.39 is 0 Å². The summed E-state index contributed by atoms with van der Waals surface area (Å²) in [6, 6.07) is 13.1. The van der Waals surface area contributed by atoms with Crippen LogP contribution < -0.4 is 5.56 Å². The van der Waals surface area contributed by atoms with Crippen molar-refractivity contribution in [3.63, 3.8) is 0 Å². The van der Waals surface area contributed by atoms with E-state index >= 15 is 0 Å². The maximum Gasteiger partial charge on any atom is 0.255 e. The molecule has 0 aliphatic carbocycles. The van der Waals surface area contributed by atoms with E-state index in [0.717, 1.165) is 24.1 Å². The number of pyridine rings is 1. The highest BCUT2D eigenvalue weighted by molar-refractivity contribution is 5.94. The monoisotopic (exact) mass is 348 g/mol. The Morgan fingerprint density at radius 2 is 1.85 bits per heavy atom. The van der Waals surface area contributed by atoms with Crippen LogP contribution in [0.15, 0.2) is 53.5 Å². The molecule has 3 aromatic rings. The van der Waals surface area contributed by atoms with Gasteiger partial charge in [0.2, 0.25) is 5.56 Å². The van der Waals surface area contributed by atoms with Gasteiger partial charge in [-0.05, 0) is 12.5 Å². The number of benzene rings is 1. The van der Waals surface area contributed by atoms with Gasteiger partial charge in [-0.2, -0.15) is 5.10 Å². The third-order valence-electron chi connectivity index (χ3n) is 4.89. The molecule has 1 aliphatic rings. The minimum Gasteiger partial charge on any atom is -0.338 e. The Hall–Kier alpha value is -3.15. The Morgan fingerprint density at radius 1 is 1.08 bits per heavy atom. The van der Waals surface area contributed by atoms with Gasteiger partial charge < -0.3 is 9.88 Å². The standard InChI is InChI=1S/C20H20N4O2/c1-23-17-10-12-24(20(26)15-7-8-18(25)21-13-15)11-9-16(17)19(22-23)14-5-3-2-4-6-14/h2-8,13H,9-12H2,1H3,(H,21,25). The third-order valence-corrected chi connectivity index (χ3v) is 4.89. The number of rotatable bonds is 2. The van der Waals surface area contributed by atoms with Crippen LogP contribution >= 0.6 is 0 Å². The van der Waals surface area contributed by atoms with Crippen molar-refractivity contribution in [2.24, 2.45) is 7.05 Å². The van der Waals surface area contributed by atoms with Gasteiger partial charge in [-0.25, -0.2) is 0 Å². The summed E-state index contributed by atoms with van der Waals surface area (Å²) in [7, 11) is 1.96. The van der Waals surface area contributed by atoms with Crippen LogP contribution in [-0.2, 0) is 19.9 Å². The zero-order valence-corrected chi connectivity index (χ0v) is 14.6. The summed E-state index contributed by atoms with van der Waals surface area (Å²) in [6.45, 7) is 1.27. The van der Waals surface area contributed by atoms with Crippen LogP contribution in [0.1, 0.15) is 21.6 Å². The lowest BCUT2D eigenvalue weighted by atomic mass is 10.0. The fraction of sp³-hybridized carbons (Fsp3) is 0.250. The van der Waals surface area contributed by atoms with Crippen molar-refractivity contribution in [1.29, 1.82) is 0 Å². The molecule has 3 heterocycles. The second-order valence-electron chi connectivity index (χ2n) is 6.50. The van der Waals surface area contributed by atoms with Crippen LogP contribution in [0.2, 0.25) is 0 Å². The van der Waals surface area contributed by atoms with Crippen LogP contribution in [-0.4, -0.2) is 38.7 Å². The number of hydrogen-bond acceptors (Lipinski definition) is 3.